The molecule has 0 aromatic carbocycles. The van der Waals surface area contributed by atoms with E-state index in [2.05, 4.69) is 86.2 Å². The molecule has 2 amide bonds. The van der Waals surface area contributed by atoms with Crippen molar-refractivity contribution in [2.24, 2.45) is 11.3 Å². The molecule has 7 heteroatoms. The second-order valence-electron chi connectivity index (χ2n) is 11.5. The first kappa shape index (κ1) is 27.3. The molecule has 1 aliphatic heterocycles. The number of carbonyl (C=O) groups excluding carboxylic acids is 2. The third-order valence-electron chi connectivity index (χ3n) is 6.90. The van der Waals surface area contributed by atoms with Gasteiger partial charge in [0.05, 0.1) is 17.2 Å². The summed E-state index contributed by atoms with van der Waals surface area (Å²) in [5.41, 5.74) is 4.09. The standard InChI is InChI=1S/C28H42N4O2S/c1-18(2)15-23(21-10-12-22(13-11-21)26-19(3)29-17-35-26)31-27(34)24-9-8-14-32(24)16-25(28(5,6)7)30-20(4)33/h10-12,16-18,22-25H,8-9,13-15H2,1-7H3,(H-,30,31,33,34)/p+1. The molecule has 4 unspecified atom stereocenters. The average Bonchev–Trinajstić information content (AvgIpc) is 3.40. The highest BCUT2D eigenvalue weighted by Gasteiger charge is 2.38. The van der Waals surface area contributed by atoms with Crippen LogP contribution in [-0.4, -0.2) is 52.3 Å². The van der Waals surface area contributed by atoms with E-state index in [-0.39, 0.29) is 35.4 Å². The second kappa shape index (κ2) is 11.6. The number of rotatable bonds is 8. The number of nitrogens with one attached hydrogen (secondary N) is 2. The van der Waals surface area contributed by atoms with E-state index in [4.69, 9.17) is 0 Å². The van der Waals surface area contributed by atoms with Gasteiger partial charge < -0.3 is 10.6 Å². The third-order valence-corrected chi connectivity index (χ3v) is 7.97. The van der Waals surface area contributed by atoms with Gasteiger partial charge in [-0.15, -0.1) is 11.3 Å². The zero-order valence-corrected chi connectivity index (χ0v) is 23.2. The van der Waals surface area contributed by atoms with Crippen molar-refractivity contribution < 1.29 is 14.2 Å². The summed E-state index contributed by atoms with van der Waals surface area (Å²) in [4.78, 5) is 31.0. The molecule has 192 valence electrons. The van der Waals surface area contributed by atoms with Crippen molar-refractivity contribution in [3.63, 3.8) is 0 Å². The molecule has 2 N–H and O–H groups in total. The molecule has 2 heterocycles. The van der Waals surface area contributed by atoms with Gasteiger partial charge in [-0.05, 0) is 36.7 Å². The van der Waals surface area contributed by atoms with Gasteiger partial charge in [0.2, 0.25) is 11.9 Å². The first-order valence-corrected chi connectivity index (χ1v) is 13.8. The van der Waals surface area contributed by atoms with Crippen molar-refractivity contribution in [2.75, 3.05) is 6.54 Å². The Balaban J connectivity index is 1.74. The van der Waals surface area contributed by atoms with E-state index in [1.807, 2.05) is 5.51 Å². The molecule has 1 aliphatic carbocycles. The van der Waals surface area contributed by atoms with E-state index in [0.29, 0.717) is 11.8 Å². The highest BCUT2D eigenvalue weighted by atomic mass is 32.1. The number of aromatic nitrogens is 1. The van der Waals surface area contributed by atoms with Gasteiger partial charge in [-0.1, -0.05) is 52.8 Å². The molecule has 1 aromatic rings. The van der Waals surface area contributed by atoms with Crippen LogP contribution in [0.15, 0.2) is 29.3 Å². The van der Waals surface area contributed by atoms with Crippen LogP contribution >= 0.6 is 11.3 Å². The fraction of sp³-hybridized carbons (Fsp3) is 0.643. The summed E-state index contributed by atoms with van der Waals surface area (Å²) >= 11 is 1.72. The minimum Gasteiger partial charge on any atom is -0.344 e. The lowest BCUT2D eigenvalue weighted by Crippen LogP contribution is -2.49. The van der Waals surface area contributed by atoms with Gasteiger partial charge in [-0.25, -0.2) is 9.56 Å². The molecule has 3 rings (SSSR count). The quantitative estimate of drug-likeness (QED) is 0.507. The highest BCUT2D eigenvalue weighted by Crippen LogP contribution is 2.33. The third kappa shape index (κ3) is 7.35. The van der Waals surface area contributed by atoms with Crippen LogP contribution in [0.1, 0.15) is 83.7 Å². The van der Waals surface area contributed by atoms with Crippen molar-refractivity contribution in [3.05, 3.63) is 39.9 Å². The summed E-state index contributed by atoms with van der Waals surface area (Å²) in [5, 5.41) is 6.44. The van der Waals surface area contributed by atoms with Crippen LogP contribution in [0.3, 0.4) is 0 Å². The molecule has 0 bridgehead atoms. The summed E-state index contributed by atoms with van der Waals surface area (Å²) in [6, 6.07) is -0.335. The molecule has 2 aliphatic rings. The molecule has 0 radical (unpaired) electrons. The lowest BCUT2D eigenvalue weighted by molar-refractivity contribution is -0.528. The van der Waals surface area contributed by atoms with Crippen molar-refractivity contribution in [1.82, 2.24) is 15.6 Å². The van der Waals surface area contributed by atoms with Crippen LogP contribution < -0.4 is 10.6 Å². The molecule has 0 saturated carbocycles. The molecular weight excluding hydrogens is 456 g/mol. The second-order valence-corrected chi connectivity index (χ2v) is 12.4. The number of carbonyl (C=O) groups is 2. The molecule has 35 heavy (non-hydrogen) atoms. The van der Waals surface area contributed by atoms with E-state index in [0.717, 1.165) is 37.9 Å². The van der Waals surface area contributed by atoms with Crippen LogP contribution in [0.5, 0.6) is 0 Å². The zero-order valence-electron chi connectivity index (χ0n) is 22.4. The number of nitrogens with zero attached hydrogens (tertiary/aromatic N) is 2. The van der Waals surface area contributed by atoms with Gasteiger partial charge in [-0.3, -0.25) is 9.59 Å². The molecule has 1 fully saturated rings. The lowest BCUT2D eigenvalue weighted by atomic mass is 9.87. The Morgan fingerprint density at radius 2 is 2.03 bits per heavy atom. The maximum absolute atomic E-state index is 13.5. The van der Waals surface area contributed by atoms with Crippen molar-refractivity contribution in [1.29, 1.82) is 0 Å². The van der Waals surface area contributed by atoms with E-state index >= 15 is 0 Å². The number of allylic oxidation sites excluding steroid dienone is 2. The topological polar surface area (TPSA) is 74.1 Å². The average molecular weight is 500 g/mol. The molecule has 1 aromatic heterocycles. The van der Waals surface area contributed by atoms with Crippen LogP contribution in [0.25, 0.3) is 0 Å². The molecular formula is C28H43N4O2S+. The minimum atomic E-state index is -0.205. The smallest absolute Gasteiger partial charge is 0.289 e. The van der Waals surface area contributed by atoms with Crippen LogP contribution in [-0.2, 0) is 9.59 Å². The maximum atomic E-state index is 13.5. The van der Waals surface area contributed by atoms with Gasteiger partial charge in [0.15, 0.2) is 6.21 Å². The minimum absolute atomic E-state index is 0.00142. The predicted octanol–water partition coefficient (Wildman–Crippen LogP) is 4.75. The lowest BCUT2D eigenvalue weighted by Gasteiger charge is -2.27. The number of thiazole rings is 1. The van der Waals surface area contributed by atoms with Gasteiger partial charge >= 0.3 is 0 Å². The Labute approximate surface area is 215 Å². The summed E-state index contributed by atoms with van der Waals surface area (Å²) in [6.45, 7) is 15.2. The number of amides is 2. The summed E-state index contributed by atoms with van der Waals surface area (Å²) in [6.07, 6.45) is 12.5. The van der Waals surface area contributed by atoms with E-state index in [1.165, 1.54) is 10.5 Å². The Hall–Kier alpha value is -2.28. The van der Waals surface area contributed by atoms with Gasteiger partial charge in [-0.2, -0.15) is 0 Å². The van der Waals surface area contributed by atoms with Crippen molar-refractivity contribution in [3.8, 4) is 0 Å². The van der Waals surface area contributed by atoms with E-state index in [1.54, 1.807) is 18.3 Å². The largest absolute Gasteiger partial charge is 0.344 e. The Morgan fingerprint density at radius 3 is 2.57 bits per heavy atom. The Morgan fingerprint density at radius 1 is 1.29 bits per heavy atom. The first-order chi connectivity index (χ1) is 16.5. The van der Waals surface area contributed by atoms with Gasteiger partial charge in [0.1, 0.15) is 12.6 Å². The summed E-state index contributed by atoms with van der Waals surface area (Å²) in [7, 11) is 0. The highest BCUT2D eigenvalue weighted by molar-refractivity contribution is 7.09. The maximum Gasteiger partial charge on any atom is 0.289 e. The van der Waals surface area contributed by atoms with Crippen LogP contribution in [0, 0.1) is 18.3 Å². The zero-order chi connectivity index (χ0) is 25.8. The van der Waals surface area contributed by atoms with Gasteiger partial charge in [0, 0.05) is 30.6 Å². The fourth-order valence-electron chi connectivity index (χ4n) is 4.91. The van der Waals surface area contributed by atoms with Gasteiger partial charge in [0.25, 0.3) is 5.91 Å². The van der Waals surface area contributed by atoms with Crippen molar-refractivity contribution in [2.45, 2.75) is 98.2 Å². The molecule has 4 atom stereocenters. The van der Waals surface area contributed by atoms with E-state index in [9.17, 15) is 9.59 Å². The summed E-state index contributed by atoms with van der Waals surface area (Å²) in [5.74, 6) is 0.854. The summed E-state index contributed by atoms with van der Waals surface area (Å²) < 4.78 is 2.14. The molecule has 6 nitrogen and oxygen atoms in total. The monoisotopic (exact) mass is 499 g/mol. The Kier molecular flexibility index (Phi) is 9.08. The molecule has 0 spiro atoms. The number of aryl methyl sites for hydroxylation is 1. The van der Waals surface area contributed by atoms with Crippen molar-refractivity contribution >= 4 is 29.4 Å². The SMILES string of the molecule is CC(=O)NC(C=[N+]1CCCC1C(=O)NC(CC(C)C)C1=CCC(c2scnc2C)C=C1)C(C)(C)C. The first-order valence-electron chi connectivity index (χ1n) is 12.9. The normalized spacial score (nSPS) is 23.3. The van der Waals surface area contributed by atoms with E-state index < -0.39 is 0 Å². The van der Waals surface area contributed by atoms with Crippen LogP contribution in [0.2, 0.25) is 0 Å². The molecule has 1 saturated heterocycles. The Bertz CT molecular complexity index is 999. The predicted molar refractivity (Wildman–Crippen MR) is 144 cm³/mol. The fourth-order valence-corrected chi connectivity index (χ4v) is 5.81. The number of hydrogen-bond donors (Lipinski definition) is 2. The number of hydrogen-bond acceptors (Lipinski definition) is 4. The van der Waals surface area contributed by atoms with Crippen LogP contribution in [0.4, 0.5) is 0 Å².